The Kier molecular flexibility index (Phi) is 11.1. The number of likely N-dealkylation sites (tertiary alicyclic amines) is 2. The van der Waals surface area contributed by atoms with E-state index < -0.39 is 24.3 Å². The van der Waals surface area contributed by atoms with Gasteiger partial charge in [-0.05, 0) is 56.0 Å². The predicted molar refractivity (Wildman–Crippen MR) is 130 cm³/mol. The van der Waals surface area contributed by atoms with Gasteiger partial charge in [0.2, 0.25) is 5.91 Å². The molecule has 3 heterocycles. The lowest BCUT2D eigenvalue weighted by molar-refractivity contribution is -0.193. The second-order valence-corrected chi connectivity index (χ2v) is 9.62. The van der Waals surface area contributed by atoms with Crippen molar-refractivity contribution in [3.63, 3.8) is 0 Å². The third-order valence-electron chi connectivity index (χ3n) is 6.37. The average molecular weight is 578 g/mol. The molecule has 1 amide bonds. The smallest absolute Gasteiger partial charge is 0.475 e. The standard InChI is InChI=1S/C22H27N3O.2C2HF3O2/c1-18-5-4-6-19(13-18)15-25-17-22(14-21(25)26)8-11-24(12-9-22)16-20-7-2-3-10-23-20;2*3-2(4,5)1(6)7/h2-7,10,13H,8-9,11-12,14-17H2,1H3;2*(H,6,7). The van der Waals surface area contributed by atoms with Crippen LogP contribution in [0.5, 0.6) is 0 Å². The number of carboxylic acids is 2. The Labute approximate surface area is 226 Å². The molecule has 8 nitrogen and oxygen atoms in total. The maximum absolute atomic E-state index is 12.6. The highest BCUT2D eigenvalue weighted by Gasteiger charge is 2.44. The summed E-state index contributed by atoms with van der Waals surface area (Å²) in [6.07, 6.45) is -5.37. The fourth-order valence-electron chi connectivity index (χ4n) is 4.40. The molecule has 2 N–H and O–H groups in total. The Morgan fingerprint density at radius 3 is 1.98 bits per heavy atom. The Balaban J connectivity index is 0.000000333. The number of carboxylic acid groups (broad SMARTS) is 2. The van der Waals surface area contributed by atoms with Gasteiger partial charge in [0.15, 0.2) is 0 Å². The van der Waals surface area contributed by atoms with Crippen LogP contribution in [0.15, 0.2) is 48.7 Å². The van der Waals surface area contributed by atoms with Crippen molar-refractivity contribution in [3.8, 4) is 0 Å². The fourth-order valence-corrected chi connectivity index (χ4v) is 4.40. The summed E-state index contributed by atoms with van der Waals surface area (Å²) in [6.45, 7) is 6.80. The van der Waals surface area contributed by atoms with Crippen LogP contribution in [0.4, 0.5) is 26.3 Å². The van der Waals surface area contributed by atoms with Crippen LogP contribution < -0.4 is 0 Å². The van der Waals surface area contributed by atoms with Gasteiger partial charge in [0.25, 0.3) is 0 Å². The average Bonchev–Trinajstić information content (AvgIpc) is 3.15. The highest BCUT2D eigenvalue weighted by Crippen LogP contribution is 2.41. The Morgan fingerprint density at radius 2 is 1.50 bits per heavy atom. The SMILES string of the molecule is Cc1cccc(CN2CC3(CCN(Cc4ccccn4)CC3)CC2=O)c1.O=C(O)C(F)(F)F.O=C(O)C(F)(F)F. The van der Waals surface area contributed by atoms with E-state index in [2.05, 4.69) is 52.0 Å². The molecule has 0 atom stereocenters. The van der Waals surface area contributed by atoms with E-state index in [1.165, 1.54) is 11.1 Å². The van der Waals surface area contributed by atoms with E-state index in [0.29, 0.717) is 5.91 Å². The normalized spacial score (nSPS) is 17.0. The fraction of sp³-hybridized carbons (Fsp3) is 0.462. The van der Waals surface area contributed by atoms with E-state index in [4.69, 9.17) is 19.8 Å². The Hall–Kier alpha value is -3.68. The van der Waals surface area contributed by atoms with E-state index in [0.717, 1.165) is 57.7 Å². The summed E-state index contributed by atoms with van der Waals surface area (Å²) < 4.78 is 63.5. The van der Waals surface area contributed by atoms with Gasteiger partial charge in [0.1, 0.15) is 0 Å². The number of hydrogen-bond acceptors (Lipinski definition) is 5. The molecule has 0 radical (unpaired) electrons. The molecule has 2 fully saturated rings. The number of carbonyl (C=O) groups is 3. The van der Waals surface area contributed by atoms with Gasteiger partial charge in [0.05, 0.1) is 5.69 Å². The van der Waals surface area contributed by atoms with E-state index in [1.54, 1.807) is 0 Å². The number of carbonyl (C=O) groups excluding carboxylic acids is 1. The molecule has 2 aromatic rings. The number of aryl methyl sites for hydroxylation is 1. The lowest BCUT2D eigenvalue weighted by Crippen LogP contribution is -2.41. The largest absolute Gasteiger partial charge is 0.490 e. The molecular weight excluding hydrogens is 548 g/mol. The molecule has 1 spiro atoms. The number of amides is 1. The number of nitrogens with zero attached hydrogens (tertiary/aromatic N) is 3. The van der Waals surface area contributed by atoms with Crippen LogP contribution in [0.25, 0.3) is 0 Å². The van der Waals surface area contributed by atoms with Crippen molar-refractivity contribution >= 4 is 17.8 Å². The maximum Gasteiger partial charge on any atom is 0.490 e. The molecule has 0 bridgehead atoms. The summed E-state index contributed by atoms with van der Waals surface area (Å²) in [5, 5.41) is 14.2. The summed E-state index contributed by atoms with van der Waals surface area (Å²) in [5.74, 6) is -5.19. The topological polar surface area (TPSA) is 111 Å². The molecule has 14 heteroatoms. The number of piperidine rings is 1. The monoisotopic (exact) mass is 577 g/mol. The Morgan fingerprint density at radius 1 is 0.925 bits per heavy atom. The van der Waals surface area contributed by atoms with Crippen LogP contribution in [0.1, 0.15) is 36.1 Å². The van der Waals surface area contributed by atoms with Crippen LogP contribution in [0.3, 0.4) is 0 Å². The first-order valence-corrected chi connectivity index (χ1v) is 12.1. The molecule has 220 valence electrons. The minimum Gasteiger partial charge on any atom is -0.475 e. The maximum atomic E-state index is 12.6. The summed E-state index contributed by atoms with van der Waals surface area (Å²) in [5.41, 5.74) is 3.81. The summed E-state index contributed by atoms with van der Waals surface area (Å²) in [7, 11) is 0. The molecule has 40 heavy (non-hydrogen) atoms. The van der Waals surface area contributed by atoms with Crippen molar-refractivity contribution in [2.24, 2.45) is 5.41 Å². The molecule has 0 unspecified atom stereocenters. The number of aromatic nitrogens is 1. The van der Waals surface area contributed by atoms with Gasteiger partial charge in [-0.2, -0.15) is 26.3 Å². The number of alkyl halides is 6. The van der Waals surface area contributed by atoms with Crippen molar-refractivity contribution in [1.29, 1.82) is 0 Å². The van der Waals surface area contributed by atoms with E-state index >= 15 is 0 Å². The van der Waals surface area contributed by atoms with Gasteiger partial charge < -0.3 is 15.1 Å². The molecule has 2 saturated heterocycles. The number of benzene rings is 1. The predicted octanol–water partition coefficient (Wildman–Crippen LogP) is 4.67. The van der Waals surface area contributed by atoms with Crippen molar-refractivity contribution in [2.45, 2.75) is 51.6 Å². The molecule has 4 rings (SSSR count). The minimum atomic E-state index is -5.08. The second kappa shape index (κ2) is 13.6. The van der Waals surface area contributed by atoms with E-state index in [1.807, 2.05) is 18.3 Å². The first-order chi connectivity index (χ1) is 18.5. The number of rotatable bonds is 4. The van der Waals surface area contributed by atoms with Crippen molar-refractivity contribution < 1.29 is 50.9 Å². The zero-order valence-electron chi connectivity index (χ0n) is 21.5. The van der Waals surface area contributed by atoms with E-state index in [9.17, 15) is 31.1 Å². The van der Waals surface area contributed by atoms with Gasteiger partial charge in [-0.15, -0.1) is 0 Å². The number of halogens is 6. The zero-order valence-corrected chi connectivity index (χ0v) is 21.5. The molecule has 2 aliphatic rings. The molecule has 1 aromatic carbocycles. The summed E-state index contributed by atoms with van der Waals surface area (Å²) >= 11 is 0. The van der Waals surface area contributed by atoms with Crippen LogP contribution in [-0.4, -0.2) is 74.8 Å². The number of pyridine rings is 1. The second-order valence-electron chi connectivity index (χ2n) is 9.62. The van der Waals surface area contributed by atoms with E-state index in [-0.39, 0.29) is 5.41 Å². The third-order valence-corrected chi connectivity index (χ3v) is 6.37. The first kappa shape index (κ1) is 32.5. The van der Waals surface area contributed by atoms with Crippen LogP contribution in [-0.2, 0) is 27.5 Å². The molecule has 0 saturated carbocycles. The number of aliphatic carboxylic acids is 2. The molecule has 0 aliphatic carbocycles. The van der Waals surface area contributed by atoms with Crippen LogP contribution in [0, 0.1) is 12.3 Å². The zero-order chi connectivity index (χ0) is 30.1. The van der Waals surface area contributed by atoms with Crippen LogP contribution >= 0.6 is 0 Å². The highest BCUT2D eigenvalue weighted by atomic mass is 19.4. The molecule has 2 aliphatic heterocycles. The minimum absolute atomic E-state index is 0.182. The lowest BCUT2D eigenvalue weighted by atomic mass is 9.77. The number of hydrogen-bond donors (Lipinski definition) is 2. The van der Waals surface area contributed by atoms with Gasteiger partial charge in [-0.1, -0.05) is 35.9 Å². The Bertz CT molecular complexity index is 1130. The molecular formula is C26H29F6N3O5. The van der Waals surface area contributed by atoms with Crippen LogP contribution in [0.2, 0.25) is 0 Å². The first-order valence-electron chi connectivity index (χ1n) is 12.1. The van der Waals surface area contributed by atoms with Crippen molar-refractivity contribution in [3.05, 3.63) is 65.5 Å². The molecule has 1 aromatic heterocycles. The van der Waals surface area contributed by atoms with Crippen molar-refractivity contribution in [1.82, 2.24) is 14.8 Å². The third kappa shape index (κ3) is 10.5. The summed E-state index contributed by atoms with van der Waals surface area (Å²) in [6, 6.07) is 14.6. The van der Waals surface area contributed by atoms with Gasteiger partial charge in [-0.25, -0.2) is 9.59 Å². The quantitative estimate of drug-likeness (QED) is 0.508. The highest BCUT2D eigenvalue weighted by molar-refractivity contribution is 5.79. The van der Waals surface area contributed by atoms with Gasteiger partial charge in [-0.3, -0.25) is 14.7 Å². The van der Waals surface area contributed by atoms with Crippen molar-refractivity contribution in [2.75, 3.05) is 19.6 Å². The lowest BCUT2D eigenvalue weighted by Gasteiger charge is -2.38. The van der Waals surface area contributed by atoms with Gasteiger partial charge in [0, 0.05) is 32.3 Å². The summed E-state index contributed by atoms with van der Waals surface area (Å²) in [4.78, 5) is 39.4. The van der Waals surface area contributed by atoms with Gasteiger partial charge >= 0.3 is 24.3 Å².